The molecular formula is C26H31F3N4O5S. The summed E-state index contributed by atoms with van der Waals surface area (Å²) in [5.41, 5.74) is 0.564. The summed E-state index contributed by atoms with van der Waals surface area (Å²) in [4.78, 5) is 17.2. The largest absolute Gasteiger partial charge is 0.416 e. The molecule has 9 nitrogen and oxygen atoms in total. The zero-order valence-electron chi connectivity index (χ0n) is 21.3. The summed E-state index contributed by atoms with van der Waals surface area (Å²) in [5.74, 6) is -0.508. The number of amidine groups is 1. The molecule has 2 aromatic rings. The second-order valence-electron chi connectivity index (χ2n) is 9.85. The Morgan fingerprint density at radius 2 is 1.90 bits per heavy atom. The highest BCUT2D eigenvalue weighted by Gasteiger charge is 2.47. The predicted molar refractivity (Wildman–Crippen MR) is 140 cm³/mol. The number of piperidine rings is 1. The fourth-order valence-electron chi connectivity index (χ4n) is 4.72. The maximum Gasteiger partial charge on any atom is 0.416 e. The Hall–Kier alpha value is -3.00. The van der Waals surface area contributed by atoms with Gasteiger partial charge < -0.3 is 20.8 Å². The van der Waals surface area contributed by atoms with E-state index < -0.39 is 39.3 Å². The summed E-state index contributed by atoms with van der Waals surface area (Å²) in [5, 5.41) is 24.0. The molecule has 2 heterocycles. The van der Waals surface area contributed by atoms with Gasteiger partial charge in [0, 0.05) is 30.9 Å². The highest BCUT2D eigenvalue weighted by atomic mass is 32.2. The molecule has 1 spiro atoms. The van der Waals surface area contributed by atoms with Gasteiger partial charge >= 0.3 is 6.18 Å². The molecule has 1 atom stereocenters. The number of alkyl halides is 3. The third-order valence-corrected chi connectivity index (χ3v) is 8.98. The number of hydrogen-bond donors (Lipinski definition) is 4. The number of nitrogens with zero attached hydrogens (tertiary/aromatic N) is 2. The molecule has 1 amide bonds. The van der Waals surface area contributed by atoms with E-state index in [1.165, 1.54) is 16.4 Å². The van der Waals surface area contributed by atoms with Gasteiger partial charge in [0.15, 0.2) is 0 Å². The number of aliphatic hydroxyl groups is 2. The number of carbonyl (C=O) groups excluding carboxylic acids is 1. The van der Waals surface area contributed by atoms with Crippen molar-refractivity contribution in [3.8, 4) is 0 Å². The molecule has 4 rings (SSSR count). The summed E-state index contributed by atoms with van der Waals surface area (Å²) >= 11 is 0. The van der Waals surface area contributed by atoms with Crippen molar-refractivity contribution in [2.75, 3.05) is 37.3 Å². The predicted octanol–water partition coefficient (Wildman–Crippen LogP) is 2.06. The van der Waals surface area contributed by atoms with Crippen LogP contribution in [0.1, 0.15) is 35.1 Å². The van der Waals surface area contributed by atoms with E-state index in [0.29, 0.717) is 0 Å². The number of aliphatic hydroxyl groups excluding tert-OH is 2. The summed E-state index contributed by atoms with van der Waals surface area (Å²) in [6, 6.07) is 10.0. The molecule has 0 aromatic heterocycles. The summed E-state index contributed by atoms with van der Waals surface area (Å²) in [6.07, 6.45) is -4.88. The van der Waals surface area contributed by atoms with E-state index in [2.05, 4.69) is 15.6 Å². The second-order valence-corrected chi connectivity index (χ2v) is 11.9. The SMILES string of the molecule is Cc1cc(NC[C@H](O)CO)ccc1CCS(=O)(=O)N1CCC2(CC1)N=C(c1cccc(C(F)(F)F)c1)NC2=O. The van der Waals surface area contributed by atoms with Crippen molar-refractivity contribution in [2.24, 2.45) is 4.99 Å². The molecule has 13 heteroatoms. The van der Waals surface area contributed by atoms with Crippen molar-refractivity contribution >= 4 is 27.5 Å². The van der Waals surface area contributed by atoms with Gasteiger partial charge in [0.05, 0.1) is 24.0 Å². The number of aryl methyl sites for hydroxylation is 2. The normalized spacial score (nSPS) is 18.6. The number of benzene rings is 2. The maximum absolute atomic E-state index is 13.1. The van der Waals surface area contributed by atoms with Gasteiger partial charge in [-0.15, -0.1) is 0 Å². The average molecular weight is 569 g/mol. The molecule has 0 unspecified atom stereocenters. The van der Waals surface area contributed by atoms with Crippen LogP contribution in [-0.2, 0) is 27.4 Å². The van der Waals surface area contributed by atoms with E-state index >= 15 is 0 Å². The number of carbonyl (C=O) groups is 1. The van der Waals surface area contributed by atoms with Gasteiger partial charge in [-0.2, -0.15) is 13.2 Å². The first-order chi connectivity index (χ1) is 18.3. The fourth-order valence-corrected chi connectivity index (χ4v) is 6.20. The van der Waals surface area contributed by atoms with Gasteiger partial charge in [-0.25, -0.2) is 12.7 Å². The minimum absolute atomic E-state index is 0.0571. The number of rotatable bonds is 9. The van der Waals surface area contributed by atoms with Crippen LogP contribution in [0, 0.1) is 6.92 Å². The van der Waals surface area contributed by atoms with Crippen molar-refractivity contribution in [1.29, 1.82) is 0 Å². The zero-order valence-corrected chi connectivity index (χ0v) is 22.1. The van der Waals surface area contributed by atoms with Gasteiger partial charge in [-0.05, 0) is 61.6 Å². The van der Waals surface area contributed by atoms with Gasteiger partial charge in [-0.3, -0.25) is 9.79 Å². The Morgan fingerprint density at radius 3 is 2.54 bits per heavy atom. The topological polar surface area (TPSA) is 131 Å². The highest BCUT2D eigenvalue weighted by molar-refractivity contribution is 7.89. The fraction of sp³-hybridized carbons (Fsp3) is 0.462. The number of amides is 1. The van der Waals surface area contributed by atoms with E-state index in [1.807, 2.05) is 19.1 Å². The van der Waals surface area contributed by atoms with Gasteiger partial charge in [0.1, 0.15) is 11.4 Å². The highest BCUT2D eigenvalue weighted by Crippen LogP contribution is 2.34. The number of aliphatic imine (C=N–C) groups is 1. The van der Waals surface area contributed by atoms with Crippen molar-refractivity contribution < 1.29 is 36.6 Å². The summed E-state index contributed by atoms with van der Waals surface area (Å²) < 4.78 is 66.8. The second kappa shape index (κ2) is 11.2. The minimum atomic E-state index is -4.53. The van der Waals surface area contributed by atoms with Crippen LogP contribution in [0.4, 0.5) is 18.9 Å². The van der Waals surface area contributed by atoms with Crippen LogP contribution in [0.2, 0.25) is 0 Å². The van der Waals surface area contributed by atoms with E-state index in [-0.39, 0.29) is 62.7 Å². The lowest BCUT2D eigenvalue weighted by Crippen LogP contribution is -2.50. The Labute approximate surface area is 224 Å². The third kappa shape index (κ3) is 6.60. The molecule has 2 aromatic carbocycles. The number of hydrogen-bond acceptors (Lipinski definition) is 7. The van der Waals surface area contributed by atoms with Crippen molar-refractivity contribution in [1.82, 2.24) is 9.62 Å². The summed E-state index contributed by atoms with van der Waals surface area (Å²) in [6.45, 7) is 1.84. The number of anilines is 1. The molecule has 0 radical (unpaired) electrons. The Bertz CT molecular complexity index is 1360. The molecule has 0 aliphatic carbocycles. The molecule has 2 aliphatic heterocycles. The molecule has 0 saturated carbocycles. The molecule has 4 N–H and O–H groups in total. The number of nitrogens with one attached hydrogen (secondary N) is 2. The van der Waals surface area contributed by atoms with E-state index in [4.69, 9.17) is 5.11 Å². The lowest BCUT2D eigenvalue weighted by molar-refractivity contribution is -0.137. The molecule has 0 bridgehead atoms. The molecule has 1 fully saturated rings. The standard InChI is InChI=1S/C26H31F3N4O5S/c1-17-13-21(30-15-22(35)16-34)6-5-18(17)7-12-39(37,38)33-10-8-25(9-11-33)24(36)31-23(32-25)19-3-2-4-20(14-19)26(27,28)29/h2-6,13-14,22,30,34-35H,7-12,15-16H2,1H3,(H,31,32,36)/t22-/m0/s1. The number of sulfonamides is 1. The molecule has 1 saturated heterocycles. The monoisotopic (exact) mass is 568 g/mol. The van der Waals surface area contributed by atoms with Crippen LogP contribution in [0.3, 0.4) is 0 Å². The van der Waals surface area contributed by atoms with Crippen LogP contribution in [0.25, 0.3) is 0 Å². The van der Waals surface area contributed by atoms with E-state index in [0.717, 1.165) is 28.9 Å². The first kappa shape index (κ1) is 29.0. The summed E-state index contributed by atoms with van der Waals surface area (Å²) in [7, 11) is -3.63. The first-order valence-corrected chi connectivity index (χ1v) is 14.1. The molecular weight excluding hydrogens is 537 g/mol. The van der Waals surface area contributed by atoms with Crippen molar-refractivity contribution in [3.63, 3.8) is 0 Å². The lowest BCUT2D eigenvalue weighted by Gasteiger charge is -2.34. The van der Waals surface area contributed by atoms with Crippen LogP contribution in [-0.4, -0.2) is 78.3 Å². The smallest absolute Gasteiger partial charge is 0.394 e. The van der Waals surface area contributed by atoms with Gasteiger partial charge in [0.2, 0.25) is 10.0 Å². The van der Waals surface area contributed by atoms with Crippen LogP contribution >= 0.6 is 0 Å². The van der Waals surface area contributed by atoms with E-state index in [1.54, 1.807) is 6.07 Å². The van der Waals surface area contributed by atoms with Crippen LogP contribution < -0.4 is 10.6 Å². The van der Waals surface area contributed by atoms with Gasteiger partial charge in [0.25, 0.3) is 5.91 Å². The quantitative estimate of drug-likeness (QED) is 0.366. The zero-order chi connectivity index (χ0) is 28.4. The molecule has 212 valence electrons. The average Bonchev–Trinajstić information content (AvgIpc) is 3.21. The first-order valence-electron chi connectivity index (χ1n) is 12.5. The lowest BCUT2D eigenvalue weighted by atomic mass is 9.89. The van der Waals surface area contributed by atoms with Crippen molar-refractivity contribution in [3.05, 3.63) is 64.7 Å². The van der Waals surface area contributed by atoms with Crippen LogP contribution in [0.15, 0.2) is 47.5 Å². The van der Waals surface area contributed by atoms with Crippen LogP contribution in [0.5, 0.6) is 0 Å². The minimum Gasteiger partial charge on any atom is -0.394 e. The van der Waals surface area contributed by atoms with Crippen molar-refractivity contribution in [2.45, 2.75) is 44.0 Å². The maximum atomic E-state index is 13.1. The Balaban J connectivity index is 1.37. The molecule has 39 heavy (non-hydrogen) atoms. The Morgan fingerprint density at radius 1 is 1.18 bits per heavy atom. The Kier molecular flexibility index (Phi) is 8.36. The van der Waals surface area contributed by atoms with Gasteiger partial charge in [-0.1, -0.05) is 18.2 Å². The van der Waals surface area contributed by atoms with E-state index in [9.17, 15) is 31.5 Å². The molecule has 2 aliphatic rings. The number of halogens is 3. The third-order valence-electron chi connectivity index (χ3n) is 7.11.